The van der Waals surface area contributed by atoms with Crippen LogP contribution in [-0.4, -0.2) is 17.6 Å². The number of rotatable bonds is 5. The summed E-state index contributed by atoms with van der Waals surface area (Å²) in [5, 5.41) is 14.6. The Balaban J connectivity index is 1.74. The number of ether oxygens (including phenoxy) is 2. The van der Waals surface area contributed by atoms with E-state index in [9.17, 15) is 14.9 Å². The van der Waals surface area contributed by atoms with Crippen LogP contribution in [0.15, 0.2) is 42.5 Å². The van der Waals surface area contributed by atoms with Gasteiger partial charge in [0, 0.05) is 11.1 Å². The van der Waals surface area contributed by atoms with E-state index in [1.807, 2.05) is 19.1 Å². The van der Waals surface area contributed by atoms with Crippen LogP contribution >= 0.6 is 11.6 Å². The number of nitrogens with zero attached hydrogens (tertiary/aromatic N) is 1. The van der Waals surface area contributed by atoms with E-state index in [-0.39, 0.29) is 30.0 Å². The van der Waals surface area contributed by atoms with Crippen LogP contribution in [0.5, 0.6) is 11.5 Å². The minimum Gasteiger partial charge on any atom is -0.454 e. The van der Waals surface area contributed by atoms with E-state index in [0.717, 1.165) is 5.56 Å². The van der Waals surface area contributed by atoms with E-state index in [2.05, 4.69) is 5.32 Å². The molecule has 0 radical (unpaired) electrons. The predicted octanol–water partition coefficient (Wildman–Crippen LogP) is 3.87. The van der Waals surface area contributed by atoms with Gasteiger partial charge in [-0.05, 0) is 36.8 Å². The minimum atomic E-state index is -0.532. The average molecular weight is 375 g/mol. The maximum absolute atomic E-state index is 12.1. The van der Waals surface area contributed by atoms with Crippen LogP contribution in [0.25, 0.3) is 6.08 Å². The molecule has 26 heavy (non-hydrogen) atoms. The highest BCUT2D eigenvalue weighted by atomic mass is 35.5. The van der Waals surface area contributed by atoms with Gasteiger partial charge in [0.15, 0.2) is 11.5 Å². The first-order valence-electron chi connectivity index (χ1n) is 7.76. The van der Waals surface area contributed by atoms with Crippen molar-refractivity contribution in [2.24, 2.45) is 0 Å². The molecule has 1 amide bonds. The number of nitrogens with one attached hydrogen (secondary N) is 1. The van der Waals surface area contributed by atoms with Crippen LogP contribution in [0.4, 0.5) is 5.69 Å². The summed E-state index contributed by atoms with van der Waals surface area (Å²) >= 11 is 5.85. The quantitative estimate of drug-likeness (QED) is 0.487. The highest BCUT2D eigenvalue weighted by Gasteiger charge is 2.22. The van der Waals surface area contributed by atoms with Crippen molar-refractivity contribution in [3.05, 3.63) is 68.7 Å². The molecule has 1 N–H and O–H groups in total. The second-order valence-electron chi connectivity index (χ2n) is 5.64. The van der Waals surface area contributed by atoms with Crippen LogP contribution in [0.2, 0.25) is 5.02 Å². The molecule has 2 aromatic carbocycles. The van der Waals surface area contributed by atoms with Gasteiger partial charge in [0.2, 0.25) is 12.7 Å². The number of halogens is 1. The number of carbonyl (C=O) groups is 1. The second-order valence-corrected chi connectivity index (χ2v) is 6.07. The monoisotopic (exact) mass is 374 g/mol. The third kappa shape index (κ3) is 3.94. The highest BCUT2D eigenvalue weighted by Crippen LogP contribution is 2.38. The number of nitro benzene ring substituents is 1. The molecular formula is C18H15ClN2O5. The second kappa shape index (κ2) is 7.45. The molecular weight excluding hydrogens is 360 g/mol. The molecule has 0 aromatic heterocycles. The average Bonchev–Trinajstić information content (AvgIpc) is 3.06. The summed E-state index contributed by atoms with van der Waals surface area (Å²) in [6.45, 7) is 1.84. The zero-order valence-electron chi connectivity index (χ0n) is 13.8. The Hall–Kier alpha value is -3.06. The molecule has 1 aliphatic heterocycles. The maximum Gasteiger partial charge on any atom is 0.280 e. The highest BCUT2D eigenvalue weighted by molar-refractivity contribution is 6.30. The van der Waals surface area contributed by atoms with Gasteiger partial charge in [-0.1, -0.05) is 23.7 Å². The lowest BCUT2D eigenvalue weighted by atomic mass is 10.1. The van der Waals surface area contributed by atoms with Crippen LogP contribution in [0.1, 0.15) is 24.1 Å². The lowest BCUT2D eigenvalue weighted by Gasteiger charge is -2.12. The molecule has 0 unspecified atom stereocenters. The smallest absolute Gasteiger partial charge is 0.280 e. The number of benzene rings is 2. The first kappa shape index (κ1) is 17.8. The SMILES string of the molecule is C[C@@H](NC(=O)/C=C/c1cc2c(cc1[N+](=O)[O-])OCO2)c1ccc(Cl)cc1. The van der Waals surface area contributed by atoms with E-state index in [0.29, 0.717) is 16.5 Å². The summed E-state index contributed by atoms with van der Waals surface area (Å²) in [7, 11) is 0. The van der Waals surface area contributed by atoms with E-state index in [1.165, 1.54) is 24.3 Å². The molecule has 7 nitrogen and oxygen atoms in total. The Kier molecular flexibility index (Phi) is 5.09. The number of fused-ring (bicyclic) bond motifs is 1. The van der Waals surface area contributed by atoms with E-state index >= 15 is 0 Å². The normalized spacial score (nSPS) is 13.6. The third-order valence-electron chi connectivity index (χ3n) is 3.86. The number of carbonyl (C=O) groups excluding carboxylic acids is 1. The summed E-state index contributed by atoms with van der Waals surface area (Å²) in [6.07, 6.45) is 2.63. The van der Waals surface area contributed by atoms with E-state index < -0.39 is 4.92 Å². The molecule has 8 heteroatoms. The fourth-order valence-corrected chi connectivity index (χ4v) is 2.63. The molecule has 1 atom stereocenters. The zero-order valence-corrected chi connectivity index (χ0v) is 14.5. The van der Waals surface area contributed by atoms with Crippen molar-refractivity contribution in [3.63, 3.8) is 0 Å². The molecule has 3 rings (SSSR count). The van der Waals surface area contributed by atoms with Gasteiger partial charge in [0.1, 0.15) is 0 Å². The van der Waals surface area contributed by atoms with Crippen molar-refractivity contribution in [3.8, 4) is 11.5 Å². The van der Waals surface area contributed by atoms with Gasteiger partial charge >= 0.3 is 0 Å². The van der Waals surface area contributed by atoms with Crippen LogP contribution in [0, 0.1) is 10.1 Å². The molecule has 134 valence electrons. The van der Waals surface area contributed by atoms with Crippen molar-refractivity contribution in [1.29, 1.82) is 0 Å². The van der Waals surface area contributed by atoms with Crippen LogP contribution in [-0.2, 0) is 4.79 Å². The lowest BCUT2D eigenvalue weighted by Crippen LogP contribution is -2.24. The Morgan fingerprint density at radius 1 is 1.27 bits per heavy atom. The largest absolute Gasteiger partial charge is 0.454 e. The molecule has 0 bridgehead atoms. The topological polar surface area (TPSA) is 90.7 Å². The molecule has 1 aliphatic rings. The van der Waals surface area contributed by atoms with Crippen molar-refractivity contribution in [2.45, 2.75) is 13.0 Å². The number of amides is 1. The Morgan fingerprint density at radius 2 is 1.92 bits per heavy atom. The summed E-state index contributed by atoms with van der Waals surface area (Å²) in [5.74, 6) is 0.347. The van der Waals surface area contributed by atoms with Gasteiger partial charge in [-0.3, -0.25) is 14.9 Å². The van der Waals surface area contributed by atoms with Gasteiger partial charge in [-0.2, -0.15) is 0 Å². The molecule has 0 spiro atoms. The van der Waals surface area contributed by atoms with Gasteiger partial charge < -0.3 is 14.8 Å². The Labute approximate surface area is 154 Å². The summed E-state index contributed by atoms with van der Waals surface area (Å²) in [5.41, 5.74) is 0.989. The molecule has 1 heterocycles. The van der Waals surface area contributed by atoms with Gasteiger partial charge in [-0.25, -0.2) is 0 Å². The first-order valence-corrected chi connectivity index (χ1v) is 8.14. The van der Waals surface area contributed by atoms with E-state index in [4.69, 9.17) is 21.1 Å². The summed E-state index contributed by atoms with van der Waals surface area (Å²) in [4.78, 5) is 22.8. The molecule has 0 saturated carbocycles. The maximum atomic E-state index is 12.1. The fraction of sp³-hybridized carbons (Fsp3) is 0.167. The third-order valence-corrected chi connectivity index (χ3v) is 4.11. The van der Waals surface area contributed by atoms with Gasteiger partial charge in [0.25, 0.3) is 5.69 Å². The summed E-state index contributed by atoms with van der Waals surface area (Å²) in [6, 6.07) is 9.65. The zero-order chi connectivity index (χ0) is 18.7. The van der Waals surface area contributed by atoms with Gasteiger partial charge in [-0.15, -0.1) is 0 Å². The Morgan fingerprint density at radius 3 is 2.58 bits per heavy atom. The predicted molar refractivity (Wildman–Crippen MR) is 96.3 cm³/mol. The molecule has 0 saturated heterocycles. The summed E-state index contributed by atoms with van der Waals surface area (Å²) < 4.78 is 10.4. The van der Waals surface area contributed by atoms with Crippen molar-refractivity contribution >= 4 is 29.3 Å². The number of hydrogen-bond donors (Lipinski definition) is 1. The van der Waals surface area contributed by atoms with Crippen molar-refractivity contribution in [2.75, 3.05) is 6.79 Å². The first-order chi connectivity index (χ1) is 12.4. The van der Waals surface area contributed by atoms with Gasteiger partial charge in [0.05, 0.1) is 22.6 Å². The van der Waals surface area contributed by atoms with Crippen LogP contribution < -0.4 is 14.8 Å². The number of nitro groups is 1. The molecule has 0 aliphatic carbocycles. The van der Waals surface area contributed by atoms with Crippen molar-refractivity contribution in [1.82, 2.24) is 5.32 Å². The number of hydrogen-bond acceptors (Lipinski definition) is 5. The lowest BCUT2D eigenvalue weighted by molar-refractivity contribution is -0.385. The fourth-order valence-electron chi connectivity index (χ4n) is 2.50. The Bertz CT molecular complexity index is 880. The minimum absolute atomic E-state index is 0.0126. The molecule has 0 fully saturated rings. The molecule has 2 aromatic rings. The van der Waals surface area contributed by atoms with Crippen molar-refractivity contribution < 1.29 is 19.2 Å². The van der Waals surface area contributed by atoms with E-state index in [1.54, 1.807) is 12.1 Å². The van der Waals surface area contributed by atoms with Crippen LogP contribution in [0.3, 0.4) is 0 Å². The standard InChI is InChI=1S/C18H15ClN2O5/c1-11(12-2-5-14(19)6-3-12)20-18(22)7-4-13-8-16-17(26-10-25-16)9-15(13)21(23)24/h2-9,11H,10H2,1H3,(H,20,22)/b7-4+/t11-/m1/s1.